The van der Waals surface area contributed by atoms with Gasteiger partial charge in [0.05, 0.1) is 6.04 Å². The molecule has 7 nitrogen and oxygen atoms in total. The summed E-state index contributed by atoms with van der Waals surface area (Å²) in [6.45, 7) is 10.0. The second kappa shape index (κ2) is 6.90. The fourth-order valence-corrected chi connectivity index (χ4v) is 3.22. The third-order valence-corrected chi connectivity index (χ3v) is 4.32. The van der Waals surface area contributed by atoms with Gasteiger partial charge in [-0.05, 0) is 51.2 Å². The van der Waals surface area contributed by atoms with Crippen molar-refractivity contribution in [2.45, 2.75) is 52.6 Å². The number of anilines is 2. The highest BCUT2D eigenvalue weighted by atomic mass is 16.2. The zero-order valence-corrected chi connectivity index (χ0v) is 15.9. The quantitative estimate of drug-likeness (QED) is 0.785. The van der Waals surface area contributed by atoms with Crippen molar-refractivity contribution >= 4 is 17.9 Å². The van der Waals surface area contributed by atoms with Gasteiger partial charge in [-0.15, -0.1) is 0 Å². The molecule has 1 aliphatic carbocycles. The van der Waals surface area contributed by atoms with Crippen LogP contribution in [0.1, 0.15) is 50.4 Å². The van der Waals surface area contributed by atoms with E-state index in [0.29, 0.717) is 11.9 Å². The van der Waals surface area contributed by atoms with Gasteiger partial charge in [-0.3, -0.25) is 5.32 Å². The molecular weight excluding hydrogens is 328 g/mol. The molecule has 1 aromatic carbocycles. The fraction of sp³-hybridized carbons (Fsp3) is 0.474. The number of urea groups is 1. The molecule has 2 aromatic rings. The van der Waals surface area contributed by atoms with E-state index in [0.717, 1.165) is 6.42 Å². The minimum Gasteiger partial charge on any atom is -0.347 e. The Morgan fingerprint density at radius 3 is 2.65 bits per heavy atom. The summed E-state index contributed by atoms with van der Waals surface area (Å²) in [6.07, 6.45) is 2.43. The van der Waals surface area contributed by atoms with Gasteiger partial charge in [-0.2, -0.15) is 4.98 Å². The minimum absolute atomic E-state index is 0.142. The molecule has 1 heterocycles. The molecule has 7 heteroatoms. The van der Waals surface area contributed by atoms with E-state index in [9.17, 15) is 4.79 Å². The van der Waals surface area contributed by atoms with Gasteiger partial charge >= 0.3 is 6.03 Å². The fourth-order valence-electron chi connectivity index (χ4n) is 3.22. The molecule has 138 valence electrons. The van der Waals surface area contributed by atoms with Gasteiger partial charge in [-0.25, -0.2) is 14.8 Å². The number of fused-ring (bicyclic) bond motifs is 1. The van der Waals surface area contributed by atoms with Crippen molar-refractivity contribution in [2.75, 3.05) is 10.6 Å². The lowest BCUT2D eigenvalue weighted by Gasteiger charge is -2.21. The average Bonchev–Trinajstić information content (AvgIpc) is 2.81. The van der Waals surface area contributed by atoms with Crippen molar-refractivity contribution in [2.24, 2.45) is 5.92 Å². The average molecular weight is 354 g/mol. The topological polar surface area (TPSA) is 91.8 Å². The van der Waals surface area contributed by atoms with E-state index in [-0.39, 0.29) is 23.6 Å². The largest absolute Gasteiger partial charge is 0.347 e. The lowest BCUT2D eigenvalue weighted by Crippen LogP contribution is -2.43. The highest BCUT2D eigenvalue weighted by molar-refractivity contribution is 5.87. The molecule has 0 spiro atoms. The molecule has 1 aliphatic rings. The Morgan fingerprint density at radius 1 is 1.19 bits per heavy atom. The third kappa shape index (κ3) is 4.28. The molecule has 26 heavy (non-hydrogen) atoms. The minimum atomic E-state index is -0.343. The van der Waals surface area contributed by atoms with Crippen molar-refractivity contribution in [1.29, 1.82) is 0 Å². The SMILES string of the molecule is Cc1ccc2c(c1)[C@H](Nc1ncnc(NC(=O)NC(C)(C)C)n1)[C@@H](C)C2. The number of benzene rings is 1. The molecule has 0 aliphatic heterocycles. The Hall–Kier alpha value is -2.70. The Labute approximate surface area is 154 Å². The van der Waals surface area contributed by atoms with Crippen LogP contribution >= 0.6 is 0 Å². The van der Waals surface area contributed by atoms with Crippen molar-refractivity contribution < 1.29 is 4.79 Å². The van der Waals surface area contributed by atoms with Crippen LogP contribution in [0.3, 0.4) is 0 Å². The van der Waals surface area contributed by atoms with Crippen LogP contribution < -0.4 is 16.0 Å². The van der Waals surface area contributed by atoms with Crippen LogP contribution in [0.2, 0.25) is 0 Å². The highest BCUT2D eigenvalue weighted by Gasteiger charge is 2.30. The van der Waals surface area contributed by atoms with Crippen LogP contribution in [0.15, 0.2) is 24.5 Å². The number of nitrogens with one attached hydrogen (secondary N) is 3. The highest BCUT2D eigenvalue weighted by Crippen LogP contribution is 2.38. The Balaban J connectivity index is 1.74. The maximum Gasteiger partial charge on any atom is 0.322 e. The molecular formula is C19H26N6O. The van der Waals surface area contributed by atoms with E-state index in [2.05, 4.69) is 62.9 Å². The van der Waals surface area contributed by atoms with E-state index in [1.54, 1.807) is 0 Å². The van der Waals surface area contributed by atoms with Crippen molar-refractivity contribution in [3.05, 3.63) is 41.2 Å². The summed E-state index contributed by atoms with van der Waals surface area (Å²) >= 11 is 0. The standard InChI is InChI=1S/C19H26N6O/c1-11-6-7-13-9-12(2)15(14(13)8-11)22-16-20-10-21-17(23-16)24-18(26)25-19(3,4)5/h6-8,10,12,15H,9H2,1-5H3,(H3,20,21,22,23,24,25,26)/t12-,15+/m0/s1. The number of rotatable bonds is 3. The Bertz CT molecular complexity index is 814. The summed E-state index contributed by atoms with van der Waals surface area (Å²) in [5.41, 5.74) is 3.55. The molecule has 3 N–H and O–H groups in total. The number of carbonyl (C=O) groups excluding carboxylic acids is 1. The number of amides is 2. The van der Waals surface area contributed by atoms with Gasteiger partial charge in [0.1, 0.15) is 6.33 Å². The van der Waals surface area contributed by atoms with Crippen LogP contribution in [0.4, 0.5) is 16.7 Å². The normalized spacial score (nSPS) is 19.0. The van der Waals surface area contributed by atoms with E-state index >= 15 is 0 Å². The summed E-state index contributed by atoms with van der Waals surface area (Å²) in [6, 6.07) is 6.36. The van der Waals surface area contributed by atoms with Crippen LogP contribution in [-0.4, -0.2) is 26.5 Å². The Kier molecular flexibility index (Phi) is 4.80. The molecule has 1 aromatic heterocycles. The zero-order valence-electron chi connectivity index (χ0n) is 15.9. The summed E-state index contributed by atoms with van der Waals surface area (Å²) in [4.78, 5) is 24.6. The van der Waals surface area contributed by atoms with Gasteiger partial charge < -0.3 is 10.6 Å². The van der Waals surface area contributed by atoms with Crippen molar-refractivity contribution in [3.8, 4) is 0 Å². The number of aryl methyl sites for hydroxylation is 1. The molecule has 2 amide bonds. The first-order valence-electron chi connectivity index (χ1n) is 8.85. The van der Waals surface area contributed by atoms with Gasteiger partial charge in [0.25, 0.3) is 0 Å². The molecule has 0 bridgehead atoms. The van der Waals surface area contributed by atoms with E-state index < -0.39 is 0 Å². The molecule has 0 saturated heterocycles. The second-order valence-corrected chi connectivity index (χ2v) is 7.97. The lowest BCUT2D eigenvalue weighted by molar-refractivity contribution is 0.243. The zero-order chi connectivity index (χ0) is 18.9. The number of carbonyl (C=O) groups is 1. The number of hydrogen-bond acceptors (Lipinski definition) is 5. The predicted octanol–water partition coefficient (Wildman–Crippen LogP) is 3.45. The molecule has 2 atom stereocenters. The first-order chi connectivity index (χ1) is 12.2. The van der Waals surface area contributed by atoms with E-state index in [1.165, 1.54) is 23.0 Å². The summed E-state index contributed by atoms with van der Waals surface area (Å²) < 4.78 is 0. The summed E-state index contributed by atoms with van der Waals surface area (Å²) in [5.74, 6) is 1.11. The maximum atomic E-state index is 12.0. The molecule has 0 radical (unpaired) electrons. The van der Waals surface area contributed by atoms with E-state index in [4.69, 9.17) is 0 Å². The van der Waals surface area contributed by atoms with Crippen LogP contribution in [0.25, 0.3) is 0 Å². The van der Waals surface area contributed by atoms with Gasteiger partial charge in [0.2, 0.25) is 11.9 Å². The molecule has 3 rings (SSSR count). The number of hydrogen-bond donors (Lipinski definition) is 3. The number of nitrogens with zero attached hydrogens (tertiary/aromatic N) is 3. The molecule has 0 unspecified atom stereocenters. The summed E-state index contributed by atoms with van der Waals surface area (Å²) in [5, 5.41) is 8.87. The van der Waals surface area contributed by atoms with Gasteiger partial charge in [0.15, 0.2) is 0 Å². The van der Waals surface area contributed by atoms with Crippen LogP contribution in [-0.2, 0) is 6.42 Å². The van der Waals surface area contributed by atoms with Crippen molar-refractivity contribution in [3.63, 3.8) is 0 Å². The first kappa shape index (κ1) is 18.1. The predicted molar refractivity (Wildman–Crippen MR) is 102 cm³/mol. The second-order valence-electron chi connectivity index (χ2n) is 7.97. The molecule has 0 fully saturated rings. The third-order valence-electron chi connectivity index (χ3n) is 4.32. The van der Waals surface area contributed by atoms with Crippen molar-refractivity contribution in [1.82, 2.24) is 20.3 Å². The maximum absolute atomic E-state index is 12.0. The van der Waals surface area contributed by atoms with Gasteiger partial charge in [-0.1, -0.05) is 30.7 Å². The monoisotopic (exact) mass is 354 g/mol. The smallest absolute Gasteiger partial charge is 0.322 e. The first-order valence-corrected chi connectivity index (χ1v) is 8.85. The van der Waals surface area contributed by atoms with Crippen LogP contribution in [0.5, 0.6) is 0 Å². The lowest BCUT2D eigenvalue weighted by atomic mass is 10.0. The van der Waals surface area contributed by atoms with Crippen LogP contribution in [0, 0.1) is 12.8 Å². The van der Waals surface area contributed by atoms with Gasteiger partial charge in [0, 0.05) is 5.54 Å². The summed E-state index contributed by atoms with van der Waals surface area (Å²) in [7, 11) is 0. The van der Waals surface area contributed by atoms with E-state index in [1.807, 2.05) is 20.8 Å². The Morgan fingerprint density at radius 2 is 1.92 bits per heavy atom. The molecule has 0 saturated carbocycles. The number of aromatic nitrogens is 3.